The van der Waals surface area contributed by atoms with E-state index in [0.717, 1.165) is 30.8 Å². The number of carbonyl (C=O) groups excluding carboxylic acids is 1. The van der Waals surface area contributed by atoms with Gasteiger partial charge in [0, 0.05) is 12.5 Å². The molecule has 1 unspecified atom stereocenters. The Morgan fingerprint density at radius 1 is 1.57 bits per heavy atom. The number of rotatable bonds is 2. The fourth-order valence-electron chi connectivity index (χ4n) is 1.70. The van der Waals surface area contributed by atoms with Crippen LogP contribution in [0.2, 0.25) is 0 Å². The Morgan fingerprint density at radius 3 is 3.00 bits per heavy atom. The fraction of sp³-hybridized carbons (Fsp3) is 0.500. The highest BCUT2D eigenvalue weighted by Crippen LogP contribution is 2.19. The summed E-state index contributed by atoms with van der Waals surface area (Å²) in [5.41, 5.74) is 0. The van der Waals surface area contributed by atoms with Gasteiger partial charge in [-0.3, -0.25) is 4.79 Å². The van der Waals surface area contributed by atoms with Crippen molar-refractivity contribution >= 4 is 29.5 Å². The summed E-state index contributed by atoms with van der Waals surface area (Å²) in [5.74, 6) is 0.537. The summed E-state index contributed by atoms with van der Waals surface area (Å²) in [6.07, 6.45) is 2.17. The Hall–Kier alpha value is -0.380. The first kappa shape index (κ1) is 11.7. The summed E-state index contributed by atoms with van der Waals surface area (Å²) < 4.78 is 0. The fourth-order valence-corrected chi connectivity index (χ4v) is 2.44. The Labute approximate surface area is 94.1 Å². The van der Waals surface area contributed by atoms with Gasteiger partial charge in [0.25, 0.3) is 0 Å². The lowest BCUT2D eigenvalue weighted by atomic mass is 9.94. The lowest BCUT2D eigenvalue weighted by Gasteiger charge is -2.20. The molecule has 0 bridgehead atoms. The van der Waals surface area contributed by atoms with Gasteiger partial charge in [0.1, 0.15) is 0 Å². The predicted octanol–water partition coefficient (Wildman–Crippen LogP) is 2.35. The van der Waals surface area contributed by atoms with Gasteiger partial charge in [0.15, 0.2) is 5.78 Å². The van der Waals surface area contributed by atoms with Gasteiger partial charge < -0.3 is 5.32 Å². The van der Waals surface area contributed by atoms with Crippen LogP contribution in [0.5, 0.6) is 0 Å². The number of thiophene rings is 1. The molecule has 2 rings (SSSR count). The van der Waals surface area contributed by atoms with Crippen LogP contribution in [0.25, 0.3) is 0 Å². The van der Waals surface area contributed by atoms with E-state index >= 15 is 0 Å². The summed E-state index contributed by atoms with van der Waals surface area (Å²) in [6, 6.07) is 3.86. The molecule has 1 fully saturated rings. The van der Waals surface area contributed by atoms with Crippen molar-refractivity contribution in [3.8, 4) is 0 Å². The molecule has 0 radical (unpaired) electrons. The molecular formula is C10H14ClNOS. The first-order valence-electron chi connectivity index (χ1n) is 4.66. The van der Waals surface area contributed by atoms with E-state index in [4.69, 9.17) is 0 Å². The normalized spacial score (nSPS) is 21.3. The van der Waals surface area contributed by atoms with Gasteiger partial charge in [0.2, 0.25) is 0 Å². The highest BCUT2D eigenvalue weighted by molar-refractivity contribution is 7.12. The van der Waals surface area contributed by atoms with E-state index in [9.17, 15) is 4.79 Å². The summed E-state index contributed by atoms with van der Waals surface area (Å²) in [7, 11) is 0. The molecule has 1 N–H and O–H groups in total. The second-order valence-electron chi connectivity index (χ2n) is 3.38. The lowest BCUT2D eigenvalue weighted by Crippen LogP contribution is -2.34. The number of nitrogens with one attached hydrogen (secondary N) is 1. The van der Waals surface area contributed by atoms with E-state index in [0.29, 0.717) is 5.78 Å². The molecule has 1 aliphatic heterocycles. The maximum absolute atomic E-state index is 11.8. The topological polar surface area (TPSA) is 29.1 Å². The van der Waals surface area contributed by atoms with Crippen LogP contribution in [0.4, 0.5) is 0 Å². The van der Waals surface area contributed by atoms with E-state index in [2.05, 4.69) is 5.32 Å². The minimum atomic E-state index is 0. The zero-order chi connectivity index (χ0) is 9.10. The molecule has 14 heavy (non-hydrogen) atoms. The molecule has 2 nitrogen and oxygen atoms in total. The van der Waals surface area contributed by atoms with Crippen LogP contribution < -0.4 is 5.32 Å². The molecule has 78 valence electrons. The average molecular weight is 232 g/mol. The largest absolute Gasteiger partial charge is 0.316 e. The van der Waals surface area contributed by atoms with Crippen LogP contribution in [-0.2, 0) is 0 Å². The Kier molecular flexibility index (Phi) is 4.58. The molecule has 1 aromatic heterocycles. The first-order chi connectivity index (χ1) is 6.38. The van der Waals surface area contributed by atoms with Crippen molar-refractivity contribution in [2.75, 3.05) is 13.1 Å². The summed E-state index contributed by atoms with van der Waals surface area (Å²) in [4.78, 5) is 12.7. The van der Waals surface area contributed by atoms with Gasteiger partial charge in [-0.1, -0.05) is 6.07 Å². The minimum absolute atomic E-state index is 0. The van der Waals surface area contributed by atoms with E-state index < -0.39 is 0 Å². The molecule has 1 aromatic rings. The minimum Gasteiger partial charge on any atom is -0.316 e. The molecule has 0 amide bonds. The lowest BCUT2D eigenvalue weighted by molar-refractivity contribution is 0.0904. The van der Waals surface area contributed by atoms with Gasteiger partial charge in [0.05, 0.1) is 4.88 Å². The quantitative estimate of drug-likeness (QED) is 0.792. The summed E-state index contributed by atoms with van der Waals surface area (Å²) in [5, 5.41) is 5.22. The number of hydrogen-bond acceptors (Lipinski definition) is 3. The smallest absolute Gasteiger partial charge is 0.177 e. The molecule has 1 aliphatic rings. The van der Waals surface area contributed by atoms with E-state index in [1.807, 2.05) is 17.5 Å². The van der Waals surface area contributed by atoms with E-state index in [-0.39, 0.29) is 18.3 Å². The Morgan fingerprint density at radius 2 is 2.43 bits per heavy atom. The standard InChI is InChI=1S/C10H13NOS.ClH/c12-10(9-4-2-6-13-9)8-3-1-5-11-7-8;/h2,4,6,8,11H,1,3,5,7H2;1H. The number of ketones is 1. The van der Waals surface area contributed by atoms with Gasteiger partial charge in [-0.05, 0) is 30.8 Å². The van der Waals surface area contributed by atoms with Gasteiger partial charge in [-0.15, -0.1) is 23.7 Å². The van der Waals surface area contributed by atoms with Gasteiger partial charge >= 0.3 is 0 Å². The number of hydrogen-bond donors (Lipinski definition) is 1. The third-order valence-electron chi connectivity index (χ3n) is 2.43. The molecule has 0 spiro atoms. The van der Waals surface area contributed by atoms with Crippen molar-refractivity contribution in [1.82, 2.24) is 5.32 Å². The number of Topliss-reactive ketones (excluding diaryl/α,β-unsaturated/α-hetero) is 1. The molecule has 4 heteroatoms. The average Bonchev–Trinajstić information content (AvgIpc) is 2.71. The number of piperidine rings is 1. The van der Waals surface area contributed by atoms with E-state index in [1.54, 1.807) is 11.3 Å². The predicted molar refractivity (Wildman–Crippen MR) is 61.5 cm³/mol. The van der Waals surface area contributed by atoms with Crippen molar-refractivity contribution in [2.24, 2.45) is 5.92 Å². The van der Waals surface area contributed by atoms with Crippen molar-refractivity contribution < 1.29 is 4.79 Å². The van der Waals surface area contributed by atoms with Crippen molar-refractivity contribution in [2.45, 2.75) is 12.8 Å². The highest BCUT2D eigenvalue weighted by atomic mass is 35.5. The van der Waals surface area contributed by atoms with Crippen molar-refractivity contribution in [3.05, 3.63) is 22.4 Å². The third-order valence-corrected chi connectivity index (χ3v) is 3.32. The molecule has 1 atom stereocenters. The Bertz CT molecular complexity index is 280. The van der Waals surface area contributed by atoms with Crippen LogP contribution in [0.3, 0.4) is 0 Å². The van der Waals surface area contributed by atoms with Crippen molar-refractivity contribution in [1.29, 1.82) is 0 Å². The van der Waals surface area contributed by atoms with Crippen LogP contribution in [0, 0.1) is 5.92 Å². The molecule has 0 aromatic carbocycles. The van der Waals surface area contributed by atoms with Gasteiger partial charge in [-0.2, -0.15) is 0 Å². The number of halogens is 1. The number of carbonyl (C=O) groups is 1. The molecule has 0 saturated carbocycles. The maximum Gasteiger partial charge on any atom is 0.177 e. The summed E-state index contributed by atoms with van der Waals surface area (Å²) in [6.45, 7) is 1.92. The van der Waals surface area contributed by atoms with Crippen LogP contribution >= 0.6 is 23.7 Å². The first-order valence-corrected chi connectivity index (χ1v) is 5.54. The molecule has 0 aliphatic carbocycles. The molecular weight excluding hydrogens is 218 g/mol. The molecule has 1 saturated heterocycles. The SMILES string of the molecule is Cl.O=C(c1cccs1)C1CCCNC1. The maximum atomic E-state index is 11.8. The van der Waals surface area contributed by atoms with Crippen LogP contribution in [0.1, 0.15) is 22.5 Å². The monoisotopic (exact) mass is 231 g/mol. The van der Waals surface area contributed by atoms with E-state index in [1.165, 1.54) is 0 Å². The second-order valence-corrected chi connectivity index (χ2v) is 4.33. The molecule has 2 heterocycles. The third kappa shape index (κ3) is 2.56. The highest BCUT2D eigenvalue weighted by Gasteiger charge is 2.22. The zero-order valence-electron chi connectivity index (χ0n) is 7.86. The van der Waals surface area contributed by atoms with Crippen LogP contribution in [0.15, 0.2) is 17.5 Å². The Balaban J connectivity index is 0.000000980. The zero-order valence-corrected chi connectivity index (χ0v) is 9.50. The van der Waals surface area contributed by atoms with Gasteiger partial charge in [-0.25, -0.2) is 0 Å². The second kappa shape index (κ2) is 5.49. The van der Waals surface area contributed by atoms with Crippen molar-refractivity contribution in [3.63, 3.8) is 0 Å². The summed E-state index contributed by atoms with van der Waals surface area (Å²) >= 11 is 1.55. The van der Waals surface area contributed by atoms with Crippen LogP contribution in [-0.4, -0.2) is 18.9 Å².